The highest BCUT2D eigenvalue weighted by Gasteiger charge is 2.18. The predicted molar refractivity (Wildman–Crippen MR) is 72.8 cm³/mol. The molecule has 0 saturated heterocycles. The molecule has 0 fully saturated rings. The second kappa shape index (κ2) is 7.29. The first kappa shape index (κ1) is 14.0. The Labute approximate surface area is 110 Å². The molecule has 0 N–H and O–H groups in total. The Kier molecular flexibility index (Phi) is 6.00. The Morgan fingerprint density at radius 3 is 2.88 bits per heavy atom. The number of thiol groups is 1. The molecule has 0 spiro atoms. The summed E-state index contributed by atoms with van der Waals surface area (Å²) in [5.74, 6) is -0.581. The van der Waals surface area contributed by atoms with Gasteiger partial charge in [-0.25, -0.2) is 4.79 Å². The summed E-state index contributed by atoms with van der Waals surface area (Å²) < 4.78 is 4.66. The van der Waals surface area contributed by atoms with Gasteiger partial charge in [-0.2, -0.15) is 12.6 Å². The van der Waals surface area contributed by atoms with Gasteiger partial charge in [-0.1, -0.05) is 6.08 Å². The van der Waals surface area contributed by atoms with Crippen LogP contribution < -0.4 is 0 Å². The van der Waals surface area contributed by atoms with Crippen LogP contribution in [0.15, 0.2) is 18.2 Å². The zero-order chi connectivity index (χ0) is 12.7. The van der Waals surface area contributed by atoms with E-state index < -0.39 is 11.8 Å². The molecule has 1 rings (SSSR count). The van der Waals surface area contributed by atoms with Crippen molar-refractivity contribution in [3.8, 4) is 0 Å². The number of allylic oxidation sites excluding steroid dienone is 1. The van der Waals surface area contributed by atoms with Crippen LogP contribution in [0.1, 0.15) is 27.9 Å². The molecular formula is C12H14O3S2. The summed E-state index contributed by atoms with van der Waals surface area (Å²) in [6.07, 6.45) is 4.78. The molecule has 0 bridgehead atoms. The summed E-state index contributed by atoms with van der Waals surface area (Å²) in [5, 5.41) is 0. The van der Waals surface area contributed by atoms with E-state index >= 15 is 0 Å². The third-order valence-electron chi connectivity index (χ3n) is 1.89. The average Bonchev–Trinajstić information content (AvgIpc) is 2.77. The van der Waals surface area contributed by atoms with Gasteiger partial charge in [0.15, 0.2) is 0 Å². The van der Waals surface area contributed by atoms with E-state index in [4.69, 9.17) is 0 Å². The maximum atomic E-state index is 11.6. The smallest absolute Gasteiger partial charge is 0.380 e. The Balaban J connectivity index is 2.67. The SMILES string of the molecule is CCOC(=O)C(=O)c1ccc(C=CCCS)s1. The Morgan fingerprint density at radius 1 is 1.47 bits per heavy atom. The van der Waals surface area contributed by atoms with Gasteiger partial charge in [0.1, 0.15) is 0 Å². The van der Waals surface area contributed by atoms with Crippen molar-refractivity contribution in [2.45, 2.75) is 13.3 Å². The molecule has 1 aromatic heterocycles. The molecule has 0 amide bonds. The third kappa shape index (κ3) is 4.36. The van der Waals surface area contributed by atoms with Crippen LogP contribution in [-0.4, -0.2) is 24.1 Å². The molecule has 0 radical (unpaired) electrons. The summed E-state index contributed by atoms with van der Waals surface area (Å²) in [6.45, 7) is 1.88. The normalized spacial score (nSPS) is 10.7. The highest BCUT2D eigenvalue weighted by atomic mass is 32.1. The van der Waals surface area contributed by atoms with Crippen LogP contribution in [0, 0.1) is 0 Å². The van der Waals surface area contributed by atoms with E-state index in [0.29, 0.717) is 4.88 Å². The lowest BCUT2D eigenvalue weighted by atomic mass is 10.3. The van der Waals surface area contributed by atoms with Crippen molar-refractivity contribution >= 4 is 41.8 Å². The van der Waals surface area contributed by atoms with Gasteiger partial charge in [0.2, 0.25) is 0 Å². The van der Waals surface area contributed by atoms with E-state index in [1.807, 2.05) is 18.2 Å². The Hall–Kier alpha value is -1.07. The number of hydrogen-bond acceptors (Lipinski definition) is 5. The number of hydrogen-bond donors (Lipinski definition) is 1. The molecule has 0 aliphatic rings. The number of carbonyl (C=O) groups is 2. The van der Waals surface area contributed by atoms with E-state index in [-0.39, 0.29) is 6.61 Å². The summed E-state index contributed by atoms with van der Waals surface area (Å²) in [6, 6.07) is 3.45. The first-order valence-electron chi connectivity index (χ1n) is 5.27. The lowest BCUT2D eigenvalue weighted by Gasteiger charge is -1.97. The fourth-order valence-electron chi connectivity index (χ4n) is 1.14. The summed E-state index contributed by atoms with van der Waals surface area (Å²) in [7, 11) is 0. The van der Waals surface area contributed by atoms with E-state index in [1.165, 1.54) is 11.3 Å². The number of esters is 1. The summed E-state index contributed by atoms with van der Waals surface area (Å²) in [4.78, 5) is 24.2. The Morgan fingerprint density at radius 2 is 2.24 bits per heavy atom. The van der Waals surface area contributed by atoms with Gasteiger partial charge < -0.3 is 4.74 Å². The minimum Gasteiger partial charge on any atom is -0.460 e. The predicted octanol–water partition coefficient (Wildman–Crippen LogP) is 2.83. The van der Waals surface area contributed by atoms with Gasteiger partial charge in [0, 0.05) is 4.88 Å². The molecule has 0 aromatic carbocycles. The molecule has 92 valence electrons. The van der Waals surface area contributed by atoms with Crippen LogP contribution in [0.3, 0.4) is 0 Å². The van der Waals surface area contributed by atoms with Crippen LogP contribution in [-0.2, 0) is 9.53 Å². The first-order chi connectivity index (χ1) is 8.19. The number of carbonyl (C=O) groups excluding carboxylic acids is 2. The fourth-order valence-corrected chi connectivity index (χ4v) is 2.15. The second-order valence-electron chi connectivity index (χ2n) is 3.17. The van der Waals surface area contributed by atoms with Crippen molar-refractivity contribution in [2.75, 3.05) is 12.4 Å². The Bertz CT molecular complexity index is 421. The number of Topliss-reactive ketones (excluding diaryl/α,β-unsaturated/α-hetero) is 1. The summed E-state index contributed by atoms with van der Waals surface area (Å²) in [5.41, 5.74) is 0. The van der Waals surface area contributed by atoms with Gasteiger partial charge in [-0.05, 0) is 37.3 Å². The van der Waals surface area contributed by atoms with Gasteiger partial charge in [-0.15, -0.1) is 11.3 Å². The van der Waals surface area contributed by atoms with Gasteiger partial charge in [0.05, 0.1) is 11.5 Å². The maximum Gasteiger partial charge on any atom is 0.380 e. The summed E-state index contributed by atoms with van der Waals surface area (Å²) >= 11 is 5.38. The number of ether oxygens (including phenoxy) is 1. The monoisotopic (exact) mass is 270 g/mol. The molecule has 0 unspecified atom stereocenters. The van der Waals surface area contributed by atoms with Crippen molar-refractivity contribution < 1.29 is 14.3 Å². The zero-order valence-corrected chi connectivity index (χ0v) is 11.2. The van der Waals surface area contributed by atoms with E-state index in [0.717, 1.165) is 17.1 Å². The maximum absolute atomic E-state index is 11.6. The van der Waals surface area contributed by atoms with Crippen molar-refractivity contribution in [1.82, 2.24) is 0 Å². The van der Waals surface area contributed by atoms with Crippen LogP contribution in [0.25, 0.3) is 6.08 Å². The van der Waals surface area contributed by atoms with E-state index in [1.54, 1.807) is 13.0 Å². The van der Waals surface area contributed by atoms with Crippen molar-refractivity contribution in [3.63, 3.8) is 0 Å². The highest BCUT2D eigenvalue weighted by molar-refractivity contribution is 7.80. The molecule has 0 aliphatic carbocycles. The zero-order valence-electron chi connectivity index (χ0n) is 9.51. The van der Waals surface area contributed by atoms with Crippen molar-refractivity contribution in [1.29, 1.82) is 0 Å². The highest BCUT2D eigenvalue weighted by Crippen LogP contribution is 2.19. The number of ketones is 1. The van der Waals surface area contributed by atoms with Gasteiger partial charge >= 0.3 is 5.97 Å². The molecule has 5 heteroatoms. The van der Waals surface area contributed by atoms with Crippen LogP contribution in [0.4, 0.5) is 0 Å². The van der Waals surface area contributed by atoms with Gasteiger partial charge in [0.25, 0.3) is 5.78 Å². The fraction of sp³-hybridized carbons (Fsp3) is 0.333. The standard InChI is InChI=1S/C12H14O3S2/c1-2-15-12(14)11(13)10-7-6-9(17-10)5-3-4-8-16/h3,5-7,16H,2,4,8H2,1H3. The minimum absolute atomic E-state index is 0.213. The second-order valence-corrected chi connectivity index (χ2v) is 4.73. The van der Waals surface area contributed by atoms with Crippen LogP contribution in [0.5, 0.6) is 0 Å². The molecule has 0 aliphatic heterocycles. The number of thiophene rings is 1. The molecular weight excluding hydrogens is 256 g/mol. The third-order valence-corrected chi connectivity index (χ3v) is 3.20. The lowest BCUT2D eigenvalue weighted by Crippen LogP contribution is -2.16. The van der Waals surface area contributed by atoms with Crippen molar-refractivity contribution in [3.05, 3.63) is 28.0 Å². The molecule has 1 heterocycles. The molecule has 1 aromatic rings. The molecule has 17 heavy (non-hydrogen) atoms. The van der Waals surface area contributed by atoms with E-state index in [9.17, 15) is 9.59 Å². The topological polar surface area (TPSA) is 43.4 Å². The average molecular weight is 270 g/mol. The quantitative estimate of drug-likeness (QED) is 0.374. The molecule has 0 saturated carbocycles. The van der Waals surface area contributed by atoms with Gasteiger partial charge in [-0.3, -0.25) is 4.79 Å². The van der Waals surface area contributed by atoms with Crippen LogP contribution >= 0.6 is 24.0 Å². The lowest BCUT2D eigenvalue weighted by molar-refractivity contribution is -0.137. The minimum atomic E-state index is -0.791. The molecule has 0 atom stereocenters. The van der Waals surface area contributed by atoms with Crippen molar-refractivity contribution in [2.24, 2.45) is 0 Å². The number of rotatable bonds is 6. The largest absolute Gasteiger partial charge is 0.460 e. The molecule has 3 nitrogen and oxygen atoms in total. The van der Waals surface area contributed by atoms with E-state index in [2.05, 4.69) is 17.4 Å². The van der Waals surface area contributed by atoms with Crippen LogP contribution in [0.2, 0.25) is 0 Å². The first-order valence-corrected chi connectivity index (χ1v) is 6.72.